The van der Waals surface area contributed by atoms with Crippen molar-refractivity contribution >= 4 is 39.2 Å². The molecule has 8 nitrogen and oxygen atoms in total. The van der Waals surface area contributed by atoms with Gasteiger partial charge in [0.25, 0.3) is 11.8 Å². The van der Waals surface area contributed by atoms with Crippen LogP contribution in [0.4, 0.5) is 5.00 Å². The minimum absolute atomic E-state index is 0.135. The van der Waals surface area contributed by atoms with E-state index in [1.54, 1.807) is 13.3 Å². The van der Waals surface area contributed by atoms with Gasteiger partial charge in [-0.2, -0.15) is 5.10 Å². The summed E-state index contributed by atoms with van der Waals surface area (Å²) in [5.41, 5.74) is 3.58. The molecule has 0 bridgehead atoms. The van der Waals surface area contributed by atoms with Crippen LogP contribution in [0.3, 0.4) is 0 Å². The molecule has 176 valence electrons. The number of ether oxygens (including phenoxy) is 1. The number of amides is 2. The molecule has 0 aromatic carbocycles. The molecule has 0 saturated heterocycles. The highest BCUT2D eigenvalue weighted by Crippen LogP contribution is 2.38. The lowest BCUT2D eigenvalue weighted by Gasteiger charge is -2.13. The molecule has 2 amide bonds. The van der Waals surface area contributed by atoms with Crippen LogP contribution in [-0.2, 0) is 17.6 Å². The number of rotatable bonds is 8. The largest absolute Gasteiger partial charge is 0.385 e. The van der Waals surface area contributed by atoms with E-state index in [1.807, 2.05) is 31.5 Å². The molecule has 1 aliphatic rings. The Morgan fingerprint density at radius 2 is 2.03 bits per heavy atom. The summed E-state index contributed by atoms with van der Waals surface area (Å²) in [5, 5.41) is 11.9. The van der Waals surface area contributed by atoms with Crippen molar-refractivity contribution in [3.63, 3.8) is 0 Å². The summed E-state index contributed by atoms with van der Waals surface area (Å²) >= 11 is 1.52. The molecule has 3 aromatic heterocycles. The van der Waals surface area contributed by atoms with Crippen molar-refractivity contribution in [1.82, 2.24) is 20.1 Å². The number of nitrogens with zero attached hydrogens (tertiary/aromatic N) is 3. The van der Waals surface area contributed by atoms with Crippen LogP contribution in [0, 0.1) is 6.92 Å². The number of carbonyl (C=O) groups is 2. The molecule has 9 heteroatoms. The van der Waals surface area contributed by atoms with Gasteiger partial charge in [0.05, 0.1) is 23.0 Å². The molecule has 0 atom stereocenters. The van der Waals surface area contributed by atoms with Gasteiger partial charge in [-0.15, -0.1) is 11.3 Å². The van der Waals surface area contributed by atoms with Gasteiger partial charge in [0.2, 0.25) is 0 Å². The molecular weight excluding hydrogens is 438 g/mol. The van der Waals surface area contributed by atoms with Gasteiger partial charge in [0.1, 0.15) is 5.00 Å². The summed E-state index contributed by atoms with van der Waals surface area (Å²) in [6.45, 7) is 7.04. The highest BCUT2D eigenvalue weighted by molar-refractivity contribution is 7.17. The first kappa shape index (κ1) is 23.4. The third-order valence-electron chi connectivity index (χ3n) is 5.93. The quantitative estimate of drug-likeness (QED) is 0.480. The minimum atomic E-state index is -0.258. The normalized spacial score (nSPS) is 13.4. The molecule has 4 rings (SSSR count). The van der Waals surface area contributed by atoms with Crippen molar-refractivity contribution in [3.8, 4) is 0 Å². The van der Waals surface area contributed by atoms with E-state index >= 15 is 0 Å². The third-order valence-corrected chi connectivity index (χ3v) is 7.14. The second kappa shape index (κ2) is 10.0. The molecule has 3 aromatic rings. The summed E-state index contributed by atoms with van der Waals surface area (Å²) in [6.07, 6.45) is 6.45. The van der Waals surface area contributed by atoms with Crippen LogP contribution in [0.5, 0.6) is 0 Å². The van der Waals surface area contributed by atoms with E-state index in [9.17, 15) is 9.59 Å². The van der Waals surface area contributed by atoms with Gasteiger partial charge in [0.15, 0.2) is 5.65 Å². The summed E-state index contributed by atoms with van der Waals surface area (Å²) in [5.74, 6) is -0.393. The Labute approximate surface area is 197 Å². The van der Waals surface area contributed by atoms with Crippen molar-refractivity contribution < 1.29 is 14.3 Å². The number of aryl methyl sites for hydroxylation is 2. The first-order valence-electron chi connectivity index (χ1n) is 11.5. The van der Waals surface area contributed by atoms with Crippen molar-refractivity contribution in [2.24, 2.45) is 0 Å². The van der Waals surface area contributed by atoms with E-state index in [0.717, 1.165) is 48.7 Å². The summed E-state index contributed by atoms with van der Waals surface area (Å²) in [7, 11) is 1.65. The molecular formula is C24H31N5O3S. The zero-order chi connectivity index (χ0) is 23.5. The number of carbonyl (C=O) groups excluding carboxylic acids is 2. The van der Waals surface area contributed by atoms with E-state index in [0.29, 0.717) is 35.0 Å². The van der Waals surface area contributed by atoms with Crippen molar-refractivity contribution in [3.05, 3.63) is 39.5 Å². The number of thiophene rings is 1. The van der Waals surface area contributed by atoms with E-state index < -0.39 is 0 Å². The standard InChI is InChI=1S/C24H31N5O3S/c1-14(2)29-21-16(13-26-29)12-18(15(3)27-21)22(30)28-24-20(23(31)25-10-7-11-32-4)17-8-5-6-9-19(17)33-24/h12-14H,5-11H2,1-4H3,(H,25,31)(H,28,30). The maximum absolute atomic E-state index is 13.3. The lowest BCUT2D eigenvalue weighted by molar-refractivity contribution is 0.0948. The lowest BCUT2D eigenvalue weighted by atomic mass is 9.95. The first-order valence-corrected chi connectivity index (χ1v) is 12.3. The van der Waals surface area contributed by atoms with Gasteiger partial charge in [0, 0.05) is 36.6 Å². The number of anilines is 1. The first-order chi connectivity index (χ1) is 15.9. The zero-order valence-corrected chi connectivity index (χ0v) is 20.5. The monoisotopic (exact) mass is 469 g/mol. The average molecular weight is 470 g/mol. The highest BCUT2D eigenvalue weighted by atomic mass is 32.1. The van der Waals surface area contributed by atoms with Gasteiger partial charge in [-0.05, 0) is 64.5 Å². The fraction of sp³-hybridized carbons (Fsp3) is 0.500. The topological polar surface area (TPSA) is 98.1 Å². The van der Waals surface area contributed by atoms with Gasteiger partial charge < -0.3 is 15.4 Å². The van der Waals surface area contributed by atoms with Crippen LogP contribution in [0.1, 0.15) is 76.0 Å². The molecule has 2 N–H and O–H groups in total. The number of aromatic nitrogens is 3. The van der Waals surface area contributed by atoms with Gasteiger partial charge >= 0.3 is 0 Å². The maximum Gasteiger partial charge on any atom is 0.258 e. The summed E-state index contributed by atoms with van der Waals surface area (Å²) in [4.78, 5) is 32.2. The molecule has 0 spiro atoms. The van der Waals surface area contributed by atoms with Crippen LogP contribution in [-0.4, -0.2) is 46.8 Å². The molecule has 0 aliphatic heterocycles. The Hall–Kier alpha value is -2.78. The predicted molar refractivity (Wildman–Crippen MR) is 130 cm³/mol. The van der Waals surface area contributed by atoms with E-state index in [2.05, 4.69) is 20.7 Å². The minimum Gasteiger partial charge on any atom is -0.385 e. The zero-order valence-electron chi connectivity index (χ0n) is 19.7. The fourth-order valence-corrected chi connectivity index (χ4v) is 5.53. The van der Waals surface area contributed by atoms with Gasteiger partial charge in [-0.1, -0.05) is 0 Å². The number of pyridine rings is 1. The Balaban J connectivity index is 1.62. The number of hydrogen-bond acceptors (Lipinski definition) is 6. The SMILES string of the molecule is COCCCNC(=O)c1c(NC(=O)c2cc3cnn(C(C)C)c3nc2C)sc2c1CCCC2. The second-order valence-corrected chi connectivity index (χ2v) is 9.79. The van der Waals surface area contributed by atoms with Crippen molar-refractivity contribution in [2.45, 2.75) is 58.9 Å². The van der Waals surface area contributed by atoms with Crippen LogP contribution in [0.2, 0.25) is 0 Å². The third kappa shape index (κ3) is 4.79. The smallest absolute Gasteiger partial charge is 0.258 e. The van der Waals surface area contributed by atoms with Crippen LogP contribution >= 0.6 is 11.3 Å². The number of methoxy groups -OCH3 is 1. The van der Waals surface area contributed by atoms with E-state index in [1.165, 1.54) is 16.2 Å². The van der Waals surface area contributed by atoms with Crippen LogP contribution < -0.4 is 10.6 Å². The van der Waals surface area contributed by atoms with Crippen molar-refractivity contribution in [2.75, 3.05) is 25.6 Å². The van der Waals surface area contributed by atoms with Gasteiger partial charge in [-0.3, -0.25) is 9.59 Å². The number of hydrogen-bond donors (Lipinski definition) is 2. The molecule has 0 saturated carbocycles. The Morgan fingerprint density at radius 1 is 1.24 bits per heavy atom. The van der Waals surface area contributed by atoms with Gasteiger partial charge in [-0.25, -0.2) is 9.67 Å². The lowest BCUT2D eigenvalue weighted by Crippen LogP contribution is -2.27. The highest BCUT2D eigenvalue weighted by Gasteiger charge is 2.27. The maximum atomic E-state index is 13.3. The molecule has 0 fully saturated rings. The van der Waals surface area contributed by atoms with Crippen LogP contribution in [0.15, 0.2) is 12.3 Å². The van der Waals surface area contributed by atoms with Crippen molar-refractivity contribution in [1.29, 1.82) is 0 Å². The van der Waals surface area contributed by atoms with E-state index in [-0.39, 0.29) is 17.9 Å². The number of fused-ring (bicyclic) bond motifs is 2. The summed E-state index contributed by atoms with van der Waals surface area (Å²) in [6, 6.07) is 2.01. The molecule has 0 radical (unpaired) electrons. The Kier molecular flexibility index (Phi) is 7.09. The Bertz CT molecular complexity index is 1180. The second-order valence-electron chi connectivity index (χ2n) is 8.69. The molecule has 3 heterocycles. The molecule has 33 heavy (non-hydrogen) atoms. The van der Waals surface area contributed by atoms with E-state index in [4.69, 9.17) is 4.74 Å². The Morgan fingerprint density at radius 3 is 2.79 bits per heavy atom. The summed E-state index contributed by atoms with van der Waals surface area (Å²) < 4.78 is 6.92. The number of nitrogens with one attached hydrogen (secondary N) is 2. The fourth-order valence-electron chi connectivity index (χ4n) is 4.24. The molecule has 1 aliphatic carbocycles. The average Bonchev–Trinajstić information content (AvgIpc) is 3.36. The molecule has 0 unspecified atom stereocenters. The van der Waals surface area contributed by atoms with Crippen LogP contribution in [0.25, 0.3) is 11.0 Å². The predicted octanol–water partition coefficient (Wildman–Crippen LogP) is 4.28.